The van der Waals surface area contributed by atoms with Crippen molar-refractivity contribution in [2.24, 2.45) is 0 Å². The molecule has 18 heavy (non-hydrogen) atoms. The molecule has 0 N–H and O–H groups in total. The van der Waals surface area contributed by atoms with Crippen LogP contribution < -0.4 is 0 Å². The van der Waals surface area contributed by atoms with Crippen LogP contribution in [0.15, 0.2) is 0 Å². The number of alkyl halides is 1. The Hall–Kier alpha value is -0.490. The molecule has 0 atom stereocenters. The van der Waals surface area contributed by atoms with Crippen LogP contribution >= 0.6 is 27.5 Å². The molecule has 0 radical (unpaired) electrons. The predicted octanol–water partition coefficient (Wildman–Crippen LogP) is 3.13. The van der Waals surface area contributed by atoms with Crippen LogP contribution in [0.4, 0.5) is 0 Å². The number of amides is 1. The first-order valence-electron chi connectivity index (χ1n) is 6.30. The second kappa shape index (κ2) is 7.84. The Balaban J connectivity index is 2.84. The van der Waals surface area contributed by atoms with Crippen molar-refractivity contribution in [2.75, 3.05) is 11.9 Å². The minimum absolute atomic E-state index is 0.0735. The molecule has 0 fully saturated rings. The van der Waals surface area contributed by atoms with Gasteiger partial charge in [0.15, 0.2) is 0 Å². The van der Waals surface area contributed by atoms with Crippen molar-refractivity contribution in [1.82, 2.24) is 14.5 Å². The second-order valence-corrected chi connectivity index (χ2v) is 5.98. The molecule has 0 saturated heterocycles. The number of halogens is 1. The average Bonchev–Trinajstić information content (AvgIpc) is 2.77. The third kappa shape index (κ3) is 4.02. The summed E-state index contributed by atoms with van der Waals surface area (Å²) >= 11 is 4.62. The van der Waals surface area contributed by atoms with Gasteiger partial charge in [-0.25, -0.2) is 0 Å². The quantitative estimate of drug-likeness (QED) is 0.720. The molecule has 0 saturated carbocycles. The van der Waals surface area contributed by atoms with Gasteiger partial charge in [-0.05, 0) is 38.2 Å². The predicted molar refractivity (Wildman–Crippen MR) is 78.5 cm³/mol. The van der Waals surface area contributed by atoms with Crippen LogP contribution in [0.5, 0.6) is 0 Å². The van der Waals surface area contributed by atoms with E-state index in [4.69, 9.17) is 0 Å². The number of carbonyl (C=O) groups is 1. The zero-order valence-corrected chi connectivity index (χ0v) is 13.6. The van der Waals surface area contributed by atoms with Crippen LogP contribution in [-0.2, 0) is 6.42 Å². The third-order valence-electron chi connectivity index (χ3n) is 2.65. The molecule has 0 aromatic carbocycles. The molecule has 0 aliphatic rings. The van der Waals surface area contributed by atoms with Crippen molar-refractivity contribution in [3.8, 4) is 0 Å². The molecule has 0 spiro atoms. The molecule has 1 aromatic rings. The van der Waals surface area contributed by atoms with Gasteiger partial charge in [-0.15, -0.1) is 5.10 Å². The maximum Gasteiger partial charge on any atom is 0.267 e. The second-order valence-electron chi connectivity index (χ2n) is 4.43. The van der Waals surface area contributed by atoms with E-state index in [2.05, 4.69) is 32.4 Å². The fraction of sp³-hybridized carbons (Fsp3) is 0.750. The van der Waals surface area contributed by atoms with Gasteiger partial charge in [0.05, 0.1) is 5.69 Å². The molecule has 1 aromatic heterocycles. The fourth-order valence-electron chi connectivity index (χ4n) is 1.73. The molecule has 1 heterocycles. The summed E-state index contributed by atoms with van der Waals surface area (Å²) in [5, 5.41) is 4.97. The summed E-state index contributed by atoms with van der Waals surface area (Å²) in [7, 11) is 0. The largest absolute Gasteiger partial charge is 0.335 e. The SMILES string of the molecule is CCCc1nnsc1C(=O)N(CCCBr)C(C)C. The molecule has 0 unspecified atom stereocenters. The Kier molecular flexibility index (Phi) is 6.78. The lowest BCUT2D eigenvalue weighted by molar-refractivity contribution is 0.0710. The Morgan fingerprint density at radius 3 is 2.78 bits per heavy atom. The van der Waals surface area contributed by atoms with Crippen LogP contribution in [0.2, 0.25) is 0 Å². The molecular formula is C12H20BrN3OS. The van der Waals surface area contributed by atoms with Gasteiger partial charge < -0.3 is 4.90 Å². The van der Waals surface area contributed by atoms with E-state index in [1.54, 1.807) is 0 Å². The number of carbonyl (C=O) groups excluding carboxylic acids is 1. The highest BCUT2D eigenvalue weighted by atomic mass is 79.9. The standard InChI is InChI=1S/C12H20BrN3OS/c1-4-6-10-11(18-15-14-10)12(17)16(9(2)3)8-5-7-13/h9H,4-8H2,1-3H3. The molecule has 1 rings (SSSR count). The lowest BCUT2D eigenvalue weighted by Crippen LogP contribution is -2.37. The van der Waals surface area contributed by atoms with Crippen molar-refractivity contribution >= 4 is 33.4 Å². The van der Waals surface area contributed by atoms with E-state index >= 15 is 0 Å². The van der Waals surface area contributed by atoms with E-state index in [9.17, 15) is 4.79 Å². The topological polar surface area (TPSA) is 46.1 Å². The highest BCUT2D eigenvalue weighted by molar-refractivity contribution is 9.09. The number of hydrogen-bond acceptors (Lipinski definition) is 4. The molecule has 4 nitrogen and oxygen atoms in total. The molecule has 0 aliphatic heterocycles. The van der Waals surface area contributed by atoms with Crippen LogP contribution in [0, 0.1) is 0 Å². The summed E-state index contributed by atoms with van der Waals surface area (Å²) in [6, 6.07) is 0.202. The van der Waals surface area contributed by atoms with Crippen molar-refractivity contribution in [3.63, 3.8) is 0 Å². The first-order chi connectivity index (χ1) is 8.61. The number of rotatable bonds is 7. The zero-order chi connectivity index (χ0) is 13.5. The van der Waals surface area contributed by atoms with Gasteiger partial charge in [-0.3, -0.25) is 4.79 Å². The van der Waals surface area contributed by atoms with E-state index in [0.717, 1.165) is 36.8 Å². The lowest BCUT2D eigenvalue weighted by atomic mass is 10.2. The normalized spacial score (nSPS) is 10.9. The van der Waals surface area contributed by atoms with Crippen LogP contribution in [0.25, 0.3) is 0 Å². The van der Waals surface area contributed by atoms with Crippen LogP contribution in [0.3, 0.4) is 0 Å². The average molecular weight is 334 g/mol. The number of aryl methyl sites for hydroxylation is 1. The molecule has 0 aliphatic carbocycles. The van der Waals surface area contributed by atoms with E-state index in [1.165, 1.54) is 11.5 Å². The Labute approximate surface area is 121 Å². The molecule has 0 bridgehead atoms. The zero-order valence-electron chi connectivity index (χ0n) is 11.1. The van der Waals surface area contributed by atoms with E-state index in [1.807, 2.05) is 18.7 Å². The van der Waals surface area contributed by atoms with Crippen LogP contribution in [-0.4, -0.2) is 38.3 Å². The van der Waals surface area contributed by atoms with Crippen LogP contribution in [0.1, 0.15) is 49.0 Å². The number of hydrogen-bond donors (Lipinski definition) is 0. The Bertz CT molecular complexity index is 381. The molecular weight excluding hydrogens is 314 g/mol. The summed E-state index contributed by atoms with van der Waals surface area (Å²) in [5.41, 5.74) is 0.844. The summed E-state index contributed by atoms with van der Waals surface area (Å²) in [5.74, 6) is 0.0735. The minimum Gasteiger partial charge on any atom is -0.335 e. The summed E-state index contributed by atoms with van der Waals surface area (Å²) in [6.07, 6.45) is 2.76. The first kappa shape index (κ1) is 15.6. The van der Waals surface area contributed by atoms with Gasteiger partial charge in [0, 0.05) is 17.9 Å². The fourth-order valence-corrected chi connectivity index (χ4v) is 2.64. The lowest BCUT2D eigenvalue weighted by Gasteiger charge is -2.26. The highest BCUT2D eigenvalue weighted by Gasteiger charge is 2.23. The van der Waals surface area contributed by atoms with E-state index in [-0.39, 0.29) is 11.9 Å². The molecule has 6 heteroatoms. The van der Waals surface area contributed by atoms with E-state index < -0.39 is 0 Å². The maximum atomic E-state index is 12.5. The molecule has 1 amide bonds. The number of aromatic nitrogens is 2. The van der Waals surface area contributed by atoms with Gasteiger partial charge in [-0.2, -0.15) is 0 Å². The third-order valence-corrected chi connectivity index (χ3v) is 3.97. The highest BCUT2D eigenvalue weighted by Crippen LogP contribution is 2.17. The van der Waals surface area contributed by atoms with Crippen molar-refractivity contribution in [2.45, 2.75) is 46.1 Å². The Morgan fingerprint density at radius 2 is 2.22 bits per heavy atom. The van der Waals surface area contributed by atoms with Crippen molar-refractivity contribution in [1.29, 1.82) is 0 Å². The van der Waals surface area contributed by atoms with Gasteiger partial charge >= 0.3 is 0 Å². The smallest absolute Gasteiger partial charge is 0.267 e. The molecule has 102 valence electrons. The van der Waals surface area contributed by atoms with Gasteiger partial charge in [0.1, 0.15) is 4.88 Å². The van der Waals surface area contributed by atoms with Crippen molar-refractivity contribution in [3.05, 3.63) is 10.6 Å². The van der Waals surface area contributed by atoms with Gasteiger partial charge in [-0.1, -0.05) is 33.8 Å². The Morgan fingerprint density at radius 1 is 1.50 bits per heavy atom. The number of nitrogens with zero attached hydrogens (tertiary/aromatic N) is 3. The summed E-state index contributed by atoms with van der Waals surface area (Å²) < 4.78 is 3.92. The maximum absolute atomic E-state index is 12.5. The van der Waals surface area contributed by atoms with E-state index in [0.29, 0.717) is 4.88 Å². The van der Waals surface area contributed by atoms with Gasteiger partial charge in [0.2, 0.25) is 0 Å². The minimum atomic E-state index is 0.0735. The monoisotopic (exact) mass is 333 g/mol. The van der Waals surface area contributed by atoms with Gasteiger partial charge in [0.25, 0.3) is 5.91 Å². The van der Waals surface area contributed by atoms with Crippen molar-refractivity contribution < 1.29 is 4.79 Å². The first-order valence-corrected chi connectivity index (χ1v) is 8.19. The summed E-state index contributed by atoms with van der Waals surface area (Å²) in [4.78, 5) is 15.1. The summed E-state index contributed by atoms with van der Waals surface area (Å²) in [6.45, 7) is 6.93.